The van der Waals surface area contributed by atoms with Crippen molar-refractivity contribution in [3.05, 3.63) is 64.4 Å². The number of aromatic nitrogens is 3. The molecule has 0 bridgehead atoms. The van der Waals surface area contributed by atoms with Crippen molar-refractivity contribution < 1.29 is 9.59 Å². The van der Waals surface area contributed by atoms with E-state index < -0.39 is 0 Å². The van der Waals surface area contributed by atoms with E-state index in [1.165, 1.54) is 0 Å². The van der Waals surface area contributed by atoms with Crippen LogP contribution in [0.1, 0.15) is 29.3 Å². The van der Waals surface area contributed by atoms with E-state index >= 15 is 0 Å². The maximum atomic E-state index is 12.4. The normalized spacial score (nSPS) is 10.6. The number of anilines is 1. The molecule has 150 valence electrons. The first-order valence-electron chi connectivity index (χ1n) is 9.38. The standard InChI is InChI=1S/C21H23N5O2S/c1-3-22-20(28)16-8-5-9-17(13-16)23-18(27)10-11-26-19(24-25-21(26)29)15-7-4-6-14(2)12-15/h4-9,12-13H,3,10-11H2,1-2H3,(H,22,28)(H,23,27)(H,25,29). The summed E-state index contributed by atoms with van der Waals surface area (Å²) in [4.78, 5) is 24.4. The molecule has 8 heteroatoms. The number of aromatic amines is 1. The summed E-state index contributed by atoms with van der Waals surface area (Å²) in [5.74, 6) is 0.358. The van der Waals surface area contributed by atoms with Crippen molar-refractivity contribution >= 4 is 29.7 Å². The van der Waals surface area contributed by atoms with E-state index in [-0.39, 0.29) is 18.2 Å². The minimum Gasteiger partial charge on any atom is -0.352 e. The Kier molecular flexibility index (Phi) is 6.56. The van der Waals surface area contributed by atoms with Gasteiger partial charge in [-0.25, -0.2) is 0 Å². The smallest absolute Gasteiger partial charge is 0.251 e. The average molecular weight is 410 g/mol. The molecule has 1 aromatic heterocycles. The van der Waals surface area contributed by atoms with Crippen molar-refractivity contribution in [1.29, 1.82) is 0 Å². The Bertz CT molecular complexity index is 1090. The minimum absolute atomic E-state index is 0.170. The van der Waals surface area contributed by atoms with Gasteiger partial charge in [0.05, 0.1) is 0 Å². The van der Waals surface area contributed by atoms with Gasteiger partial charge in [0.2, 0.25) is 5.91 Å². The van der Waals surface area contributed by atoms with Crippen LogP contribution in [-0.4, -0.2) is 33.1 Å². The first-order valence-corrected chi connectivity index (χ1v) is 9.79. The number of rotatable bonds is 7. The fourth-order valence-corrected chi connectivity index (χ4v) is 3.19. The number of nitrogens with zero attached hydrogens (tertiary/aromatic N) is 2. The molecule has 0 fully saturated rings. The molecule has 0 aliphatic heterocycles. The Balaban J connectivity index is 1.68. The van der Waals surface area contributed by atoms with Gasteiger partial charge in [0.1, 0.15) is 0 Å². The van der Waals surface area contributed by atoms with E-state index in [4.69, 9.17) is 12.2 Å². The van der Waals surface area contributed by atoms with Gasteiger partial charge in [-0.15, -0.1) is 0 Å². The second kappa shape index (κ2) is 9.29. The fraction of sp³-hybridized carbons (Fsp3) is 0.238. The first kappa shape index (κ1) is 20.5. The predicted octanol–water partition coefficient (Wildman–Crippen LogP) is 3.69. The summed E-state index contributed by atoms with van der Waals surface area (Å²) in [6, 6.07) is 14.8. The number of hydrogen-bond donors (Lipinski definition) is 3. The van der Waals surface area contributed by atoms with Crippen LogP contribution >= 0.6 is 12.2 Å². The molecule has 0 saturated heterocycles. The van der Waals surface area contributed by atoms with Crippen LogP contribution in [0.3, 0.4) is 0 Å². The molecule has 0 radical (unpaired) electrons. The third-order valence-corrected chi connectivity index (χ3v) is 4.65. The van der Waals surface area contributed by atoms with Crippen LogP contribution in [0.4, 0.5) is 5.69 Å². The quantitative estimate of drug-likeness (QED) is 0.519. The lowest BCUT2D eigenvalue weighted by molar-refractivity contribution is -0.116. The SMILES string of the molecule is CCNC(=O)c1cccc(NC(=O)CCn2c(-c3cccc(C)c3)n[nH]c2=S)c1. The van der Waals surface area contributed by atoms with Gasteiger partial charge in [0.25, 0.3) is 5.91 Å². The van der Waals surface area contributed by atoms with Gasteiger partial charge in [-0.05, 0) is 50.3 Å². The lowest BCUT2D eigenvalue weighted by Gasteiger charge is -2.09. The van der Waals surface area contributed by atoms with E-state index in [1.54, 1.807) is 24.3 Å². The molecule has 0 saturated carbocycles. The van der Waals surface area contributed by atoms with Crippen molar-refractivity contribution in [2.24, 2.45) is 0 Å². The molecule has 2 aromatic carbocycles. The number of amides is 2. The van der Waals surface area contributed by atoms with E-state index in [1.807, 2.05) is 42.7 Å². The lowest BCUT2D eigenvalue weighted by atomic mass is 10.1. The van der Waals surface area contributed by atoms with Gasteiger partial charge in [0.15, 0.2) is 10.6 Å². The zero-order valence-electron chi connectivity index (χ0n) is 16.4. The molecule has 2 amide bonds. The lowest BCUT2D eigenvalue weighted by Crippen LogP contribution is -2.23. The van der Waals surface area contributed by atoms with Crippen LogP contribution in [0.5, 0.6) is 0 Å². The summed E-state index contributed by atoms with van der Waals surface area (Å²) in [7, 11) is 0. The number of benzene rings is 2. The number of carbonyl (C=O) groups is 2. The van der Waals surface area contributed by atoms with Crippen LogP contribution in [0, 0.1) is 11.7 Å². The van der Waals surface area contributed by atoms with Crippen molar-refractivity contribution in [1.82, 2.24) is 20.1 Å². The Morgan fingerprint density at radius 3 is 2.72 bits per heavy atom. The second-order valence-electron chi connectivity index (χ2n) is 6.61. The average Bonchev–Trinajstić information content (AvgIpc) is 3.07. The highest BCUT2D eigenvalue weighted by Crippen LogP contribution is 2.19. The summed E-state index contributed by atoms with van der Waals surface area (Å²) >= 11 is 5.33. The maximum Gasteiger partial charge on any atom is 0.251 e. The molecular weight excluding hydrogens is 386 g/mol. The molecule has 0 aliphatic rings. The number of hydrogen-bond acceptors (Lipinski definition) is 4. The summed E-state index contributed by atoms with van der Waals surface area (Å²) in [6.45, 7) is 4.80. The number of H-pyrrole nitrogens is 1. The van der Waals surface area contributed by atoms with E-state index in [2.05, 4.69) is 20.8 Å². The van der Waals surface area contributed by atoms with E-state index in [0.717, 1.165) is 11.1 Å². The zero-order chi connectivity index (χ0) is 20.8. The molecule has 0 unspecified atom stereocenters. The second-order valence-corrected chi connectivity index (χ2v) is 7.00. The van der Waals surface area contributed by atoms with Gasteiger partial charge in [-0.3, -0.25) is 19.3 Å². The highest BCUT2D eigenvalue weighted by atomic mass is 32.1. The number of nitrogens with one attached hydrogen (secondary N) is 3. The van der Waals surface area contributed by atoms with Crippen LogP contribution in [0.15, 0.2) is 48.5 Å². The summed E-state index contributed by atoms with van der Waals surface area (Å²) in [5.41, 5.74) is 3.14. The Hall–Kier alpha value is -3.26. The largest absolute Gasteiger partial charge is 0.352 e. The molecule has 1 heterocycles. The van der Waals surface area contributed by atoms with E-state index in [9.17, 15) is 9.59 Å². The number of aryl methyl sites for hydroxylation is 1. The van der Waals surface area contributed by atoms with E-state index in [0.29, 0.717) is 34.9 Å². The molecule has 0 aliphatic carbocycles. The van der Waals surface area contributed by atoms with Crippen molar-refractivity contribution in [3.8, 4) is 11.4 Å². The highest BCUT2D eigenvalue weighted by molar-refractivity contribution is 7.71. The van der Waals surface area contributed by atoms with Crippen molar-refractivity contribution in [2.75, 3.05) is 11.9 Å². The monoisotopic (exact) mass is 409 g/mol. The Morgan fingerprint density at radius 1 is 1.17 bits per heavy atom. The molecule has 3 aromatic rings. The van der Waals surface area contributed by atoms with Crippen molar-refractivity contribution in [2.45, 2.75) is 26.8 Å². The Labute approximate surface area is 174 Å². The third kappa shape index (κ3) is 5.17. The van der Waals surface area contributed by atoms with Crippen molar-refractivity contribution in [3.63, 3.8) is 0 Å². The summed E-state index contributed by atoms with van der Waals surface area (Å²) in [5, 5.41) is 12.7. The van der Waals surface area contributed by atoms with Gasteiger partial charge < -0.3 is 10.6 Å². The van der Waals surface area contributed by atoms with Gasteiger partial charge >= 0.3 is 0 Å². The van der Waals surface area contributed by atoms with Crippen LogP contribution in [0.2, 0.25) is 0 Å². The van der Waals surface area contributed by atoms with Crippen LogP contribution in [0.25, 0.3) is 11.4 Å². The highest BCUT2D eigenvalue weighted by Gasteiger charge is 2.12. The molecule has 0 spiro atoms. The fourth-order valence-electron chi connectivity index (χ4n) is 2.97. The third-order valence-electron chi connectivity index (χ3n) is 4.34. The maximum absolute atomic E-state index is 12.4. The molecule has 0 atom stereocenters. The molecule has 3 N–H and O–H groups in total. The minimum atomic E-state index is -0.170. The van der Waals surface area contributed by atoms with Crippen LogP contribution in [-0.2, 0) is 11.3 Å². The van der Waals surface area contributed by atoms with Gasteiger partial charge in [-0.1, -0.05) is 29.8 Å². The Morgan fingerprint density at radius 2 is 1.97 bits per heavy atom. The number of carbonyl (C=O) groups excluding carboxylic acids is 2. The molecule has 29 heavy (non-hydrogen) atoms. The molecule has 3 rings (SSSR count). The molecule has 7 nitrogen and oxygen atoms in total. The predicted molar refractivity (Wildman–Crippen MR) is 115 cm³/mol. The summed E-state index contributed by atoms with van der Waals surface area (Å²) in [6.07, 6.45) is 0.220. The van der Waals surface area contributed by atoms with Crippen LogP contribution < -0.4 is 10.6 Å². The zero-order valence-corrected chi connectivity index (χ0v) is 17.2. The first-order chi connectivity index (χ1) is 14.0. The van der Waals surface area contributed by atoms with Gasteiger partial charge in [0, 0.05) is 36.3 Å². The summed E-state index contributed by atoms with van der Waals surface area (Å²) < 4.78 is 2.28. The topological polar surface area (TPSA) is 91.8 Å². The van der Waals surface area contributed by atoms with Gasteiger partial charge in [-0.2, -0.15) is 5.10 Å². The molecular formula is C21H23N5O2S.